The van der Waals surface area contributed by atoms with Crippen molar-refractivity contribution >= 4 is 0 Å². The van der Waals surface area contributed by atoms with E-state index in [1.54, 1.807) is 0 Å². The highest BCUT2D eigenvalue weighted by molar-refractivity contribution is 4.91. The lowest BCUT2D eigenvalue weighted by atomic mass is 10.0. The van der Waals surface area contributed by atoms with Crippen LogP contribution in [0, 0.1) is 0 Å². The van der Waals surface area contributed by atoms with Gasteiger partial charge in [0.05, 0.1) is 6.61 Å². The third-order valence-corrected chi connectivity index (χ3v) is 5.12. The van der Waals surface area contributed by atoms with Gasteiger partial charge in [0.25, 0.3) is 0 Å². The van der Waals surface area contributed by atoms with Crippen LogP contribution in [-0.4, -0.2) is 144 Å². The number of ether oxygens (including phenoxy) is 5. The average Bonchev–Trinajstić information content (AvgIpc) is 2.71. The van der Waals surface area contributed by atoms with Crippen LogP contribution in [0.25, 0.3) is 0 Å². The Kier molecular flexibility index (Phi) is 7.61. The van der Waals surface area contributed by atoms with E-state index < -0.39 is 93.0 Å². The van der Waals surface area contributed by atoms with Crippen LogP contribution < -0.4 is 0 Å². The van der Waals surface area contributed by atoms with Gasteiger partial charge in [-0.15, -0.1) is 0 Å². The van der Waals surface area contributed by atoms with Gasteiger partial charge in [-0.3, -0.25) is 0 Å². The maximum Gasteiger partial charge on any atom is 0.189 e. The van der Waals surface area contributed by atoms with E-state index in [1.807, 2.05) is 0 Å². The minimum atomic E-state index is -1.98. The van der Waals surface area contributed by atoms with Crippen LogP contribution in [0.2, 0.25) is 0 Å². The fraction of sp³-hybridized carbons (Fsp3) is 1.00. The second kappa shape index (κ2) is 9.49. The molecule has 0 unspecified atom stereocenters. The highest BCUT2D eigenvalue weighted by Gasteiger charge is 2.51. The molecule has 0 bridgehead atoms. The fourth-order valence-electron chi connectivity index (χ4n) is 3.25. The van der Waals surface area contributed by atoms with E-state index in [9.17, 15) is 51.1 Å². The summed E-state index contributed by atoms with van der Waals surface area (Å²) < 4.78 is 25.0. The zero-order valence-electron chi connectivity index (χ0n) is 15.3. The minimum absolute atomic E-state index is 0.404. The molecule has 0 spiro atoms. The Balaban J connectivity index is 1.62. The number of aliphatic hydroxyl groups is 10. The Morgan fingerprint density at radius 2 is 1.03 bits per heavy atom. The Bertz CT molecular complexity index is 566. The molecule has 0 amide bonds. The van der Waals surface area contributed by atoms with Gasteiger partial charge in [-0.2, -0.15) is 0 Å². The Labute approximate surface area is 168 Å². The summed E-state index contributed by atoms with van der Waals surface area (Å²) in [6.45, 7) is -0.404. The fourth-order valence-corrected chi connectivity index (χ4v) is 3.25. The van der Waals surface area contributed by atoms with E-state index in [4.69, 9.17) is 23.7 Å². The lowest BCUT2D eigenvalue weighted by molar-refractivity contribution is -0.403. The second-order valence-corrected chi connectivity index (χ2v) is 7.22. The van der Waals surface area contributed by atoms with Gasteiger partial charge in [0, 0.05) is 0 Å². The van der Waals surface area contributed by atoms with Crippen LogP contribution in [-0.2, 0) is 23.7 Å². The van der Waals surface area contributed by atoms with Crippen molar-refractivity contribution in [3.05, 3.63) is 0 Å². The van der Waals surface area contributed by atoms with Crippen molar-refractivity contribution in [2.24, 2.45) is 0 Å². The van der Waals surface area contributed by atoms with Gasteiger partial charge in [-0.25, -0.2) is 0 Å². The Morgan fingerprint density at radius 3 is 1.70 bits per heavy atom. The molecule has 0 aliphatic carbocycles. The summed E-state index contributed by atoms with van der Waals surface area (Å²) in [5.74, 6) is 0. The van der Waals surface area contributed by atoms with Crippen LogP contribution in [0.15, 0.2) is 0 Å². The maximum absolute atomic E-state index is 10.3. The number of hydrogen-bond acceptors (Lipinski definition) is 15. The molecule has 176 valence electrons. The van der Waals surface area contributed by atoms with Crippen LogP contribution >= 0.6 is 0 Å². The number of hydrogen-bond donors (Lipinski definition) is 10. The minimum Gasteiger partial charge on any atom is -0.387 e. The molecular weight excluding hydrogens is 420 g/mol. The SMILES string of the molecule is O[C@@H]1[C@@H](O)[C@H](O[C@H]2[C@H](O)[C@@H](O)[C@H](O[C@@H]3CO[C@H](O)[C@H](O)[C@H]3O)O[C@@H]2O)O[C@H](O)[C@H]1O. The first kappa shape index (κ1) is 24.1. The summed E-state index contributed by atoms with van der Waals surface area (Å²) in [6.07, 6.45) is -24.9. The molecule has 0 saturated carbocycles. The van der Waals surface area contributed by atoms with E-state index in [2.05, 4.69) is 0 Å². The van der Waals surface area contributed by atoms with Crippen molar-refractivity contribution in [1.29, 1.82) is 0 Å². The highest BCUT2D eigenvalue weighted by atomic mass is 16.8. The molecule has 3 fully saturated rings. The Morgan fingerprint density at radius 1 is 0.500 bits per heavy atom. The van der Waals surface area contributed by atoms with Crippen LogP contribution in [0.4, 0.5) is 0 Å². The summed E-state index contributed by atoms with van der Waals surface area (Å²) in [7, 11) is 0. The van der Waals surface area contributed by atoms with Gasteiger partial charge in [0.2, 0.25) is 0 Å². The van der Waals surface area contributed by atoms with Crippen molar-refractivity contribution in [3.8, 4) is 0 Å². The topological polar surface area (TPSA) is 248 Å². The van der Waals surface area contributed by atoms with Gasteiger partial charge in [-0.1, -0.05) is 0 Å². The van der Waals surface area contributed by atoms with E-state index in [0.29, 0.717) is 0 Å². The molecule has 0 aromatic heterocycles. The van der Waals surface area contributed by atoms with Gasteiger partial charge in [0.15, 0.2) is 31.5 Å². The molecule has 3 aliphatic heterocycles. The molecule has 0 aromatic carbocycles. The molecule has 3 rings (SSSR count). The molecule has 14 atom stereocenters. The molecule has 10 N–H and O–H groups in total. The predicted molar refractivity (Wildman–Crippen MR) is 85.5 cm³/mol. The lowest BCUT2D eigenvalue weighted by Gasteiger charge is -2.45. The molecule has 15 nitrogen and oxygen atoms in total. The smallest absolute Gasteiger partial charge is 0.189 e. The van der Waals surface area contributed by atoms with Gasteiger partial charge in [0.1, 0.15) is 54.9 Å². The van der Waals surface area contributed by atoms with Gasteiger partial charge in [-0.05, 0) is 0 Å². The first-order chi connectivity index (χ1) is 14.0. The van der Waals surface area contributed by atoms with E-state index in [0.717, 1.165) is 0 Å². The van der Waals surface area contributed by atoms with E-state index in [-0.39, 0.29) is 0 Å². The van der Waals surface area contributed by atoms with Crippen molar-refractivity contribution in [1.82, 2.24) is 0 Å². The van der Waals surface area contributed by atoms with Crippen molar-refractivity contribution in [2.75, 3.05) is 6.61 Å². The molecule has 3 saturated heterocycles. The Hall–Kier alpha value is -0.600. The third kappa shape index (κ3) is 4.60. The third-order valence-electron chi connectivity index (χ3n) is 5.12. The van der Waals surface area contributed by atoms with Crippen molar-refractivity contribution < 1.29 is 74.7 Å². The summed E-state index contributed by atoms with van der Waals surface area (Å²) >= 11 is 0. The highest BCUT2D eigenvalue weighted by Crippen LogP contribution is 2.29. The van der Waals surface area contributed by atoms with Crippen LogP contribution in [0.1, 0.15) is 0 Å². The largest absolute Gasteiger partial charge is 0.387 e. The lowest BCUT2D eigenvalue weighted by Crippen LogP contribution is -2.64. The average molecular weight is 446 g/mol. The summed E-state index contributed by atoms with van der Waals surface area (Å²) in [5, 5.41) is 98.0. The normalized spacial score (nSPS) is 55.4. The zero-order valence-corrected chi connectivity index (χ0v) is 15.3. The quantitative estimate of drug-likeness (QED) is 0.193. The van der Waals surface area contributed by atoms with Gasteiger partial charge < -0.3 is 74.7 Å². The van der Waals surface area contributed by atoms with E-state index >= 15 is 0 Å². The first-order valence-electron chi connectivity index (χ1n) is 9.07. The molecule has 3 heterocycles. The monoisotopic (exact) mass is 446 g/mol. The van der Waals surface area contributed by atoms with E-state index in [1.165, 1.54) is 0 Å². The molecular formula is C15H26O15. The standard InChI is InChI=1S/C15H26O15/c16-3-2(1-26-11(23)6(3)19)27-14-9(22)5(18)10(13(25)30-14)28-15-8(21)4(17)7(20)12(24)29-15/h2-25H,1H2/t2-,3+,4+,5-,6-,7+,8-,9-,10+,11+,12+,13+,14-,15-/m1/s1. The number of aliphatic hydroxyl groups excluding tert-OH is 10. The zero-order chi connectivity index (χ0) is 22.3. The van der Waals surface area contributed by atoms with Crippen molar-refractivity contribution in [3.63, 3.8) is 0 Å². The van der Waals surface area contributed by atoms with Crippen LogP contribution in [0.5, 0.6) is 0 Å². The molecule has 30 heavy (non-hydrogen) atoms. The van der Waals surface area contributed by atoms with Crippen LogP contribution in [0.3, 0.4) is 0 Å². The summed E-state index contributed by atoms with van der Waals surface area (Å²) in [6, 6.07) is 0. The predicted octanol–water partition coefficient (Wildman–Crippen LogP) is -7.02. The summed E-state index contributed by atoms with van der Waals surface area (Å²) in [4.78, 5) is 0. The number of rotatable bonds is 4. The van der Waals surface area contributed by atoms with Crippen molar-refractivity contribution in [2.45, 2.75) is 86.4 Å². The molecule has 3 aliphatic rings. The molecule has 0 aromatic rings. The maximum atomic E-state index is 10.3. The first-order valence-corrected chi connectivity index (χ1v) is 9.07. The molecule has 15 heteroatoms. The van der Waals surface area contributed by atoms with Gasteiger partial charge >= 0.3 is 0 Å². The second-order valence-electron chi connectivity index (χ2n) is 7.22. The molecule has 0 radical (unpaired) electrons. The summed E-state index contributed by atoms with van der Waals surface area (Å²) in [5.41, 5.74) is 0.